The maximum Gasteiger partial charge on any atom is 0.0104 e. The number of nitrogens with one attached hydrogen (secondary N) is 1. The van der Waals surface area contributed by atoms with Crippen molar-refractivity contribution in [1.82, 2.24) is 5.32 Å². The Morgan fingerprint density at radius 1 is 1.55 bits per heavy atom. The lowest BCUT2D eigenvalue weighted by atomic mass is 9.89. The quantitative estimate of drug-likeness (QED) is 0.614. The molecule has 0 amide bonds. The molecule has 1 nitrogen and oxygen atoms in total. The molecule has 1 N–H and O–H groups in total. The maximum atomic E-state index is 3.34. The van der Waals surface area contributed by atoms with E-state index in [1.165, 1.54) is 25.7 Å². The van der Waals surface area contributed by atoms with E-state index >= 15 is 0 Å². The SMILES string of the molecule is CCCC1C=CCC(NC)C1. The molecule has 0 fully saturated rings. The van der Waals surface area contributed by atoms with Gasteiger partial charge in [0.05, 0.1) is 0 Å². The van der Waals surface area contributed by atoms with E-state index in [1.807, 2.05) is 0 Å². The number of hydrogen-bond donors (Lipinski definition) is 1. The van der Waals surface area contributed by atoms with Gasteiger partial charge in [-0.05, 0) is 32.2 Å². The minimum atomic E-state index is 0.733. The van der Waals surface area contributed by atoms with Crippen molar-refractivity contribution in [3.8, 4) is 0 Å². The number of hydrogen-bond acceptors (Lipinski definition) is 1. The Bertz CT molecular complexity index is 129. The van der Waals surface area contributed by atoms with Gasteiger partial charge in [0.1, 0.15) is 0 Å². The third-order valence-corrected chi connectivity index (χ3v) is 2.48. The van der Waals surface area contributed by atoms with Crippen LogP contribution in [0.15, 0.2) is 12.2 Å². The van der Waals surface area contributed by atoms with E-state index in [-0.39, 0.29) is 0 Å². The molecule has 0 aromatic rings. The van der Waals surface area contributed by atoms with Crippen LogP contribution in [0.1, 0.15) is 32.6 Å². The zero-order valence-corrected chi connectivity index (χ0v) is 7.64. The Balaban J connectivity index is 2.33. The van der Waals surface area contributed by atoms with Crippen molar-refractivity contribution < 1.29 is 0 Å². The zero-order chi connectivity index (χ0) is 8.10. The van der Waals surface area contributed by atoms with Crippen molar-refractivity contribution in [2.45, 2.75) is 38.6 Å². The molecule has 0 saturated heterocycles. The van der Waals surface area contributed by atoms with Crippen molar-refractivity contribution in [2.24, 2.45) is 5.92 Å². The summed E-state index contributed by atoms with van der Waals surface area (Å²) in [6.07, 6.45) is 9.93. The second kappa shape index (κ2) is 4.55. The Hall–Kier alpha value is -0.300. The van der Waals surface area contributed by atoms with Gasteiger partial charge < -0.3 is 5.32 Å². The lowest BCUT2D eigenvalue weighted by Crippen LogP contribution is -2.28. The average Bonchev–Trinajstić information content (AvgIpc) is 2.06. The summed E-state index contributed by atoms with van der Waals surface area (Å²) in [7, 11) is 2.06. The molecule has 0 spiro atoms. The molecule has 0 radical (unpaired) electrons. The summed E-state index contributed by atoms with van der Waals surface area (Å²) in [4.78, 5) is 0. The highest BCUT2D eigenvalue weighted by molar-refractivity contribution is 4.97. The van der Waals surface area contributed by atoms with Crippen LogP contribution in [-0.4, -0.2) is 13.1 Å². The van der Waals surface area contributed by atoms with Crippen LogP contribution in [-0.2, 0) is 0 Å². The van der Waals surface area contributed by atoms with Crippen molar-refractivity contribution in [3.05, 3.63) is 12.2 Å². The van der Waals surface area contributed by atoms with E-state index in [9.17, 15) is 0 Å². The fourth-order valence-corrected chi connectivity index (χ4v) is 1.80. The molecule has 2 unspecified atom stereocenters. The first-order valence-electron chi connectivity index (χ1n) is 4.70. The zero-order valence-electron chi connectivity index (χ0n) is 7.64. The third kappa shape index (κ3) is 2.66. The molecule has 0 saturated carbocycles. The van der Waals surface area contributed by atoms with Gasteiger partial charge in [-0.25, -0.2) is 0 Å². The number of allylic oxidation sites excluding steroid dienone is 1. The van der Waals surface area contributed by atoms with Crippen LogP contribution in [0, 0.1) is 5.92 Å². The van der Waals surface area contributed by atoms with E-state index in [2.05, 4.69) is 31.4 Å². The second-order valence-corrected chi connectivity index (χ2v) is 3.43. The summed E-state index contributed by atoms with van der Waals surface area (Å²) >= 11 is 0. The van der Waals surface area contributed by atoms with Crippen LogP contribution in [0.3, 0.4) is 0 Å². The average molecular weight is 153 g/mol. The molecule has 64 valence electrons. The molecule has 1 aliphatic rings. The van der Waals surface area contributed by atoms with E-state index in [0.717, 1.165) is 12.0 Å². The molecule has 0 aromatic carbocycles. The second-order valence-electron chi connectivity index (χ2n) is 3.43. The van der Waals surface area contributed by atoms with E-state index in [1.54, 1.807) is 0 Å². The summed E-state index contributed by atoms with van der Waals surface area (Å²) in [5.74, 6) is 0.839. The highest BCUT2D eigenvalue weighted by Crippen LogP contribution is 2.21. The molecule has 11 heavy (non-hydrogen) atoms. The van der Waals surface area contributed by atoms with Gasteiger partial charge in [-0.3, -0.25) is 0 Å². The van der Waals surface area contributed by atoms with Gasteiger partial charge in [-0.15, -0.1) is 0 Å². The first kappa shape index (κ1) is 8.79. The fourth-order valence-electron chi connectivity index (χ4n) is 1.80. The Morgan fingerprint density at radius 2 is 2.36 bits per heavy atom. The van der Waals surface area contributed by atoms with Crippen LogP contribution >= 0.6 is 0 Å². The first-order chi connectivity index (χ1) is 5.36. The van der Waals surface area contributed by atoms with E-state index < -0.39 is 0 Å². The van der Waals surface area contributed by atoms with Crippen LogP contribution in [0.2, 0.25) is 0 Å². The number of rotatable bonds is 3. The molecule has 1 heteroatoms. The van der Waals surface area contributed by atoms with Crippen LogP contribution in [0.25, 0.3) is 0 Å². The lowest BCUT2D eigenvalue weighted by molar-refractivity contribution is 0.412. The van der Waals surface area contributed by atoms with Crippen molar-refractivity contribution in [2.75, 3.05) is 7.05 Å². The first-order valence-corrected chi connectivity index (χ1v) is 4.70. The largest absolute Gasteiger partial charge is 0.317 e. The summed E-state index contributed by atoms with van der Waals surface area (Å²) in [5.41, 5.74) is 0. The minimum Gasteiger partial charge on any atom is -0.317 e. The summed E-state index contributed by atoms with van der Waals surface area (Å²) < 4.78 is 0. The van der Waals surface area contributed by atoms with Gasteiger partial charge in [0.25, 0.3) is 0 Å². The molecule has 0 aromatic heterocycles. The monoisotopic (exact) mass is 153 g/mol. The predicted octanol–water partition coefficient (Wildman–Crippen LogP) is 2.34. The van der Waals surface area contributed by atoms with Crippen LogP contribution < -0.4 is 5.32 Å². The van der Waals surface area contributed by atoms with Crippen molar-refractivity contribution in [3.63, 3.8) is 0 Å². The molecular weight excluding hydrogens is 134 g/mol. The molecular formula is C10H19N. The molecule has 0 aliphatic heterocycles. The third-order valence-electron chi connectivity index (χ3n) is 2.48. The van der Waals surface area contributed by atoms with Crippen LogP contribution in [0.4, 0.5) is 0 Å². The fraction of sp³-hybridized carbons (Fsp3) is 0.800. The Morgan fingerprint density at radius 3 is 3.00 bits per heavy atom. The van der Waals surface area contributed by atoms with Gasteiger partial charge in [0, 0.05) is 6.04 Å². The van der Waals surface area contributed by atoms with Gasteiger partial charge in [-0.2, -0.15) is 0 Å². The maximum absolute atomic E-state index is 3.34. The summed E-state index contributed by atoms with van der Waals surface area (Å²) in [6.45, 7) is 2.26. The predicted molar refractivity (Wildman–Crippen MR) is 49.6 cm³/mol. The highest BCUT2D eigenvalue weighted by atomic mass is 14.9. The van der Waals surface area contributed by atoms with Crippen molar-refractivity contribution in [1.29, 1.82) is 0 Å². The van der Waals surface area contributed by atoms with E-state index in [0.29, 0.717) is 0 Å². The summed E-state index contributed by atoms with van der Waals surface area (Å²) in [6, 6.07) is 0.733. The smallest absolute Gasteiger partial charge is 0.0104 e. The van der Waals surface area contributed by atoms with Gasteiger partial charge >= 0.3 is 0 Å². The highest BCUT2D eigenvalue weighted by Gasteiger charge is 2.14. The standard InChI is InChI=1S/C10H19N/c1-3-5-9-6-4-7-10(8-9)11-2/h4,6,9-11H,3,5,7-8H2,1-2H3. The van der Waals surface area contributed by atoms with Gasteiger partial charge in [0.15, 0.2) is 0 Å². The molecule has 0 heterocycles. The minimum absolute atomic E-state index is 0.733. The normalized spacial score (nSPS) is 30.7. The Kier molecular flexibility index (Phi) is 3.64. The van der Waals surface area contributed by atoms with Crippen molar-refractivity contribution >= 4 is 0 Å². The Labute approximate surface area is 69.9 Å². The molecule has 1 rings (SSSR count). The molecule has 2 atom stereocenters. The lowest BCUT2D eigenvalue weighted by Gasteiger charge is -2.23. The van der Waals surface area contributed by atoms with E-state index in [4.69, 9.17) is 0 Å². The summed E-state index contributed by atoms with van der Waals surface area (Å²) in [5, 5.41) is 3.34. The van der Waals surface area contributed by atoms with Gasteiger partial charge in [0.2, 0.25) is 0 Å². The van der Waals surface area contributed by atoms with Gasteiger partial charge in [-0.1, -0.05) is 25.5 Å². The molecule has 1 aliphatic carbocycles. The topological polar surface area (TPSA) is 12.0 Å². The molecule has 0 bridgehead atoms. The van der Waals surface area contributed by atoms with Crippen LogP contribution in [0.5, 0.6) is 0 Å².